The summed E-state index contributed by atoms with van der Waals surface area (Å²) < 4.78 is 15.3. The maximum atomic E-state index is 6.43. The van der Waals surface area contributed by atoms with E-state index in [0.29, 0.717) is 17.5 Å². The zero-order chi connectivity index (χ0) is 49.4. The summed E-state index contributed by atoms with van der Waals surface area (Å²) in [5, 5.41) is 6.53. The average Bonchev–Trinajstić information content (AvgIpc) is 4.16. The van der Waals surface area contributed by atoms with Gasteiger partial charge in [-0.1, -0.05) is 182 Å². The molecule has 0 fully saturated rings. The van der Waals surface area contributed by atoms with Crippen LogP contribution in [0.5, 0.6) is 0 Å². The van der Waals surface area contributed by atoms with E-state index in [9.17, 15) is 0 Å². The molecule has 0 saturated carbocycles. The fourth-order valence-corrected chi connectivity index (χ4v) is 11.1. The van der Waals surface area contributed by atoms with Crippen LogP contribution in [0.3, 0.4) is 0 Å². The van der Waals surface area contributed by atoms with Crippen molar-refractivity contribution in [3.8, 4) is 84.4 Å². The van der Waals surface area contributed by atoms with Gasteiger partial charge in [-0.3, -0.25) is 0 Å². The van der Waals surface area contributed by atoms with Crippen LogP contribution in [0.15, 0.2) is 264 Å². The Kier molecular flexibility index (Phi) is 9.78. The zero-order valence-corrected chi connectivity index (χ0v) is 40.4. The van der Waals surface area contributed by atoms with Gasteiger partial charge in [0.05, 0.1) is 16.7 Å². The summed E-state index contributed by atoms with van der Waals surface area (Å²) in [6.45, 7) is 0. The van der Waals surface area contributed by atoms with Gasteiger partial charge in [0, 0.05) is 60.1 Å². The number of para-hydroxylation sites is 2. The van der Waals surface area contributed by atoms with Crippen molar-refractivity contribution in [1.29, 1.82) is 0 Å². The van der Waals surface area contributed by atoms with Crippen LogP contribution in [0.2, 0.25) is 0 Å². The molecule has 0 amide bonds. The Morgan fingerprint density at radius 1 is 0.240 bits per heavy atom. The number of fused-ring (bicyclic) bond motifs is 9. The van der Waals surface area contributed by atoms with Crippen LogP contribution in [0.25, 0.3) is 150 Å². The predicted molar refractivity (Wildman–Crippen MR) is 307 cm³/mol. The Hall–Kier alpha value is -10.2. The lowest BCUT2D eigenvalue weighted by Crippen LogP contribution is -2.04. The molecule has 4 heterocycles. The van der Waals surface area contributed by atoms with Crippen LogP contribution >= 0.6 is 0 Å². The lowest BCUT2D eigenvalue weighted by atomic mass is 9.92. The molecule has 0 unspecified atom stereocenters. The SMILES string of the molecule is c1ccc(-c2ccc3c(c2)c2cc(-c4ccccc4)ccc2n3-c2c(-c3ccccc3)cc(-c3nc(-c4ccc5c(c4)oc4ccccc45)nc(-c4ccc5c(c4)oc4ccccc45)n3)cc2-c2ccccc2)cc1. The standard InChI is InChI=1S/C69H42N4O2/c1-5-17-43(18-6-1)47-31-35-60-58(37-47)59-38-48(44-19-7-2-8-20-44)32-36-61(59)73(60)66-56(45-21-9-3-10-22-45)39-51(40-57(66)46-23-11-4-12-24-46)69-71-67(49-29-33-54-52-25-13-15-27-62(52)74-64(54)41-49)70-68(72-69)50-30-34-55-53-26-14-16-28-63(53)75-65(55)42-50/h1-42H. The summed E-state index contributed by atoms with van der Waals surface area (Å²) in [5.41, 5.74) is 17.8. The van der Waals surface area contributed by atoms with Crippen LogP contribution in [-0.2, 0) is 0 Å². The third kappa shape index (κ3) is 7.22. The highest BCUT2D eigenvalue weighted by molar-refractivity contribution is 6.13. The minimum atomic E-state index is 0.527. The monoisotopic (exact) mass is 958 g/mol. The third-order valence-electron chi connectivity index (χ3n) is 14.6. The molecule has 0 N–H and O–H groups in total. The molecule has 0 bridgehead atoms. The fraction of sp³-hybridized carbons (Fsp3) is 0. The van der Waals surface area contributed by atoms with Crippen molar-refractivity contribution in [2.45, 2.75) is 0 Å². The molecule has 6 nitrogen and oxygen atoms in total. The second-order valence-corrected chi connectivity index (χ2v) is 19.1. The molecule has 0 aliphatic rings. The quantitative estimate of drug-likeness (QED) is 0.152. The molecule has 350 valence electrons. The van der Waals surface area contributed by atoms with E-state index in [1.165, 1.54) is 21.9 Å². The first kappa shape index (κ1) is 42.5. The van der Waals surface area contributed by atoms with Gasteiger partial charge >= 0.3 is 0 Å². The maximum absolute atomic E-state index is 6.43. The Bertz CT molecular complexity index is 4400. The lowest BCUT2D eigenvalue weighted by molar-refractivity contribution is 0.668. The molecule has 15 aromatic rings. The van der Waals surface area contributed by atoms with Crippen LogP contribution in [-0.4, -0.2) is 19.5 Å². The largest absolute Gasteiger partial charge is 0.456 e. The predicted octanol–water partition coefficient (Wildman–Crippen LogP) is 18.4. The van der Waals surface area contributed by atoms with Gasteiger partial charge in [0.25, 0.3) is 0 Å². The van der Waals surface area contributed by atoms with Gasteiger partial charge in [-0.15, -0.1) is 0 Å². The van der Waals surface area contributed by atoms with Crippen LogP contribution < -0.4 is 0 Å². The van der Waals surface area contributed by atoms with E-state index in [0.717, 1.165) is 111 Å². The first-order valence-corrected chi connectivity index (χ1v) is 25.2. The number of hydrogen-bond donors (Lipinski definition) is 0. The number of hydrogen-bond acceptors (Lipinski definition) is 5. The van der Waals surface area contributed by atoms with Crippen molar-refractivity contribution in [2.24, 2.45) is 0 Å². The van der Waals surface area contributed by atoms with Crippen molar-refractivity contribution in [3.05, 3.63) is 255 Å². The molecule has 0 aliphatic heterocycles. The highest BCUT2D eigenvalue weighted by atomic mass is 16.3. The van der Waals surface area contributed by atoms with Crippen molar-refractivity contribution in [2.75, 3.05) is 0 Å². The van der Waals surface area contributed by atoms with Gasteiger partial charge in [0.15, 0.2) is 17.5 Å². The van der Waals surface area contributed by atoms with Crippen LogP contribution in [0, 0.1) is 0 Å². The first-order valence-electron chi connectivity index (χ1n) is 25.2. The minimum absolute atomic E-state index is 0.527. The number of rotatable bonds is 8. The summed E-state index contributed by atoms with van der Waals surface area (Å²) in [4.78, 5) is 16.1. The zero-order valence-electron chi connectivity index (χ0n) is 40.4. The minimum Gasteiger partial charge on any atom is -0.456 e. The van der Waals surface area contributed by atoms with Gasteiger partial charge < -0.3 is 13.4 Å². The summed E-state index contributed by atoms with van der Waals surface area (Å²) in [7, 11) is 0. The maximum Gasteiger partial charge on any atom is 0.164 e. The number of nitrogens with zero attached hydrogens (tertiary/aromatic N) is 4. The molecule has 75 heavy (non-hydrogen) atoms. The molecule has 4 aromatic heterocycles. The Balaban J connectivity index is 1.01. The van der Waals surface area contributed by atoms with Crippen molar-refractivity contribution in [1.82, 2.24) is 19.5 Å². The molecule has 0 spiro atoms. The molecule has 0 radical (unpaired) electrons. The Morgan fingerprint density at radius 2 is 0.600 bits per heavy atom. The van der Waals surface area contributed by atoms with Crippen LogP contribution in [0.4, 0.5) is 0 Å². The molecular formula is C69H42N4O2. The topological polar surface area (TPSA) is 69.9 Å². The Labute approximate surface area is 431 Å². The van der Waals surface area contributed by atoms with Crippen molar-refractivity contribution < 1.29 is 8.83 Å². The van der Waals surface area contributed by atoms with E-state index < -0.39 is 0 Å². The number of furan rings is 2. The normalized spacial score (nSPS) is 11.7. The van der Waals surface area contributed by atoms with Crippen LogP contribution in [0.1, 0.15) is 0 Å². The van der Waals surface area contributed by atoms with E-state index in [1.807, 2.05) is 48.5 Å². The smallest absolute Gasteiger partial charge is 0.164 e. The van der Waals surface area contributed by atoms with Gasteiger partial charge in [0.1, 0.15) is 22.3 Å². The summed E-state index contributed by atoms with van der Waals surface area (Å²) >= 11 is 0. The molecular weight excluding hydrogens is 917 g/mol. The van der Waals surface area contributed by atoms with Gasteiger partial charge in [-0.2, -0.15) is 0 Å². The molecule has 11 aromatic carbocycles. The number of benzene rings is 11. The second-order valence-electron chi connectivity index (χ2n) is 19.1. The van der Waals surface area contributed by atoms with Crippen molar-refractivity contribution >= 4 is 65.7 Å². The molecule has 0 aliphatic carbocycles. The van der Waals surface area contributed by atoms with E-state index >= 15 is 0 Å². The first-order chi connectivity index (χ1) is 37.1. The lowest BCUT2D eigenvalue weighted by Gasteiger charge is -2.21. The Morgan fingerprint density at radius 3 is 1.04 bits per heavy atom. The summed E-state index contributed by atoms with van der Waals surface area (Å²) in [5.74, 6) is 1.59. The summed E-state index contributed by atoms with van der Waals surface area (Å²) in [6.07, 6.45) is 0. The van der Waals surface area contributed by atoms with E-state index in [-0.39, 0.29) is 0 Å². The molecule has 15 rings (SSSR count). The van der Waals surface area contributed by atoms with E-state index in [4.69, 9.17) is 23.8 Å². The summed E-state index contributed by atoms with van der Waals surface area (Å²) in [6, 6.07) is 89.7. The van der Waals surface area contributed by atoms with E-state index in [2.05, 4.69) is 211 Å². The second kappa shape index (κ2) is 17.3. The van der Waals surface area contributed by atoms with E-state index in [1.54, 1.807) is 0 Å². The molecule has 0 saturated heterocycles. The highest BCUT2D eigenvalue weighted by Gasteiger charge is 2.24. The fourth-order valence-electron chi connectivity index (χ4n) is 11.1. The molecule has 6 heteroatoms. The molecule has 0 atom stereocenters. The van der Waals surface area contributed by atoms with Gasteiger partial charge in [-0.05, 0) is 106 Å². The van der Waals surface area contributed by atoms with Gasteiger partial charge in [0.2, 0.25) is 0 Å². The van der Waals surface area contributed by atoms with Crippen molar-refractivity contribution in [3.63, 3.8) is 0 Å². The third-order valence-corrected chi connectivity index (χ3v) is 14.6. The van der Waals surface area contributed by atoms with Gasteiger partial charge in [-0.25, -0.2) is 15.0 Å². The highest BCUT2D eigenvalue weighted by Crippen LogP contribution is 2.46. The number of aromatic nitrogens is 4. The average molecular weight is 959 g/mol.